The molecule has 0 saturated heterocycles. The Hall–Kier alpha value is -2.47. The summed E-state index contributed by atoms with van der Waals surface area (Å²) < 4.78 is 0. The van der Waals surface area contributed by atoms with E-state index in [4.69, 9.17) is 4.84 Å². The van der Waals surface area contributed by atoms with E-state index in [9.17, 15) is 4.79 Å². The van der Waals surface area contributed by atoms with E-state index >= 15 is 0 Å². The lowest BCUT2D eigenvalue weighted by Crippen LogP contribution is -2.06. The molecule has 2 aromatic heterocycles. The monoisotopic (exact) mass is 299 g/mol. The average Bonchev–Trinajstić information content (AvgIpc) is 3.09. The van der Waals surface area contributed by atoms with Crippen molar-refractivity contribution in [3.63, 3.8) is 0 Å². The van der Waals surface area contributed by atoms with Gasteiger partial charge in [-0.3, -0.25) is 4.98 Å². The second-order valence-corrected chi connectivity index (χ2v) is 5.78. The highest BCUT2D eigenvalue weighted by atomic mass is 32.1. The summed E-state index contributed by atoms with van der Waals surface area (Å²) in [6.07, 6.45) is 5.13. The Kier molecular flexibility index (Phi) is 3.53. The van der Waals surface area contributed by atoms with Gasteiger partial charge in [-0.2, -0.15) is 0 Å². The number of oxime groups is 1. The molecule has 21 heavy (non-hydrogen) atoms. The van der Waals surface area contributed by atoms with Gasteiger partial charge in [0, 0.05) is 36.9 Å². The summed E-state index contributed by atoms with van der Waals surface area (Å²) >= 11 is 1.60. The third kappa shape index (κ3) is 2.71. The summed E-state index contributed by atoms with van der Waals surface area (Å²) in [7, 11) is 3.97. The van der Waals surface area contributed by atoms with Crippen molar-refractivity contribution in [3.8, 4) is 0 Å². The molecule has 2 aromatic rings. The molecular weight excluding hydrogens is 286 g/mol. The molecule has 0 amide bonds. The molecule has 0 radical (unpaired) electrons. The molecule has 1 aliphatic rings. The molecule has 3 heterocycles. The molecule has 0 bridgehead atoms. The van der Waals surface area contributed by atoms with E-state index < -0.39 is 5.97 Å². The maximum Gasteiger partial charge on any atom is 0.368 e. The number of anilines is 1. The third-order valence-corrected chi connectivity index (χ3v) is 4.19. The molecule has 0 aromatic carbocycles. The van der Waals surface area contributed by atoms with Crippen LogP contribution in [-0.2, 0) is 9.63 Å². The molecule has 0 N–H and O–H groups in total. The standard InChI is InChI=1S/C15H13N3O2S/c1-18(2)13-4-3-11(21-13)9-12-14(17-20-15(12)19)10-5-7-16-8-6-10/h3-9H,1-2H3/b12-9-. The van der Waals surface area contributed by atoms with Gasteiger partial charge < -0.3 is 9.74 Å². The van der Waals surface area contributed by atoms with Crippen LogP contribution in [0, 0.1) is 0 Å². The highest BCUT2D eigenvalue weighted by Crippen LogP contribution is 2.28. The lowest BCUT2D eigenvalue weighted by Gasteiger charge is -2.06. The van der Waals surface area contributed by atoms with Crippen LogP contribution in [0.3, 0.4) is 0 Å². The molecular formula is C15H13N3O2S. The summed E-state index contributed by atoms with van der Waals surface area (Å²) in [5.74, 6) is -0.429. The molecule has 6 heteroatoms. The molecule has 5 nitrogen and oxygen atoms in total. The van der Waals surface area contributed by atoms with Gasteiger partial charge in [0.1, 0.15) is 5.71 Å². The SMILES string of the molecule is CN(C)c1ccc(/C=C2\C(=O)ON=C2c2ccncc2)s1. The lowest BCUT2D eigenvalue weighted by molar-refractivity contribution is -0.136. The van der Waals surface area contributed by atoms with Crippen LogP contribution < -0.4 is 4.90 Å². The highest BCUT2D eigenvalue weighted by Gasteiger charge is 2.26. The predicted octanol–water partition coefficient (Wildman–Crippen LogP) is 2.55. The Labute approximate surface area is 126 Å². The van der Waals surface area contributed by atoms with Crippen LogP contribution in [0.5, 0.6) is 0 Å². The van der Waals surface area contributed by atoms with E-state index in [-0.39, 0.29) is 0 Å². The number of rotatable bonds is 3. The molecule has 3 rings (SSSR count). The first-order valence-corrected chi connectivity index (χ1v) is 7.16. The average molecular weight is 299 g/mol. The number of hydrogen-bond donors (Lipinski definition) is 0. The van der Waals surface area contributed by atoms with Crippen molar-refractivity contribution in [1.29, 1.82) is 0 Å². The van der Waals surface area contributed by atoms with Gasteiger partial charge in [0.05, 0.1) is 10.6 Å². The first-order valence-electron chi connectivity index (χ1n) is 6.34. The van der Waals surface area contributed by atoms with Crippen LogP contribution in [0.4, 0.5) is 5.00 Å². The van der Waals surface area contributed by atoms with E-state index in [1.165, 1.54) is 0 Å². The lowest BCUT2D eigenvalue weighted by atomic mass is 10.0. The zero-order chi connectivity index (χ0) is 14.8. The fraction of sp³-hybridized carbons (Fsp3) is 0.133. The smallest absolute Gasteiger partial charge is 0.368 e. The second kappa shape index (κ2) is 5.49. The maximum absolute atomic E-state index is 11.9. The largest absolute Gasteiger partial charge is 0.370 e. The van der Waals surface area contributed by atoms with Gasteiger partial charge in [0.25, 0.3) is 0 Å². The number of carbonyl (C=O) groups excluding carboxylic acids is 1. The maximum atomic E-state index is 11.9. The Balaban J connectivity index is 1.96. The minimum Gasteiger partial charge on any atom is -0.370 e. The Bertz CT molecular complexity index is 732. The van der Waals surface area contributed by atoms with Gasteiger partial charge in [0.2, 0.25) is 0 Å². The Morgan fingerprint density at radius 1 is 1.19 bits per heavy atom. The van der Waals surface area contributed by atoms with E-state index in [0.717, 1.165) is 15.4 Å². The van der Waals surface area contributed by atoms with Crippen LogP contribution >= 0.6 is 11.3 Å². The van der Waals surface area contributed by atoms with Crippen molar-refractivity contribution in [3.05, 3.63) is 52.7 Å². The van der Waals surface area contributed by atoms with E-state index in [0.29, 0.717) is 11.3 Å². The van der Waals surface area contributed by atoms with Gasteiger partial charge in [-0.15, -0.1) is 11.3 Å². The van der Waals surface area contributed by atoms with Gasteiger partial charge >= 0.3 is 5.97 Å². The number of nitrogens with zero attached hydrogens (tertiary/aromatic N) is 3. The molecule has 1 aliphatic heterocycles. The number of hydrogen-bond acceptors (Lipinski definition) is 6. The molecule has 0 fully saturated rings. The van der Waals surface area contributed by atoms with Gasteiger partial charge in [0.15, 0.2) is 0 Å². The van der Waals surface area contributed by atoms with Crippen LogP contribution in [0.15, 0.2) is 47.4 Å². The second-order valence-electron chi connectivity index (χ2n) is 4.68. The fourth-order valence-corrected chi connectivity index (χ4v) is 2.80. The summed E-state index contributed by atoms with van der Waals surface area (Å²) in [6.45, 7) is 0. The molecule has 0 atom stereocenters. The third-order valence-electron chi connectivity index (χ3n) is 2.99. The fourth-order valence-electron chi connectivity index (χ4n) is 1.93. The van der Waals surface area contributed by atoms with Crippen LogP contribution in [0.25, 0.3) is 6.08 Å². The highest BCUT2D eigenvalue weighted by molar-refractivity contribution is 7.17. The predicted molar refractivity (Wildman–Crippen MR) is 83.5 cm³/mol. The van der Waals surface area contributed by atoms with Crippen LogP contribution in [0.1, 0.15) is 10.4 Å². The van der Waals surface area contributed by atoms with Crippen molar-refractivity contribution in [2.75, 3.05) is 19.0 Å². The van der Waals surface area contributed by atoms with Crippen molar-refractivity contribution < 1.29 is 9.63 Å². The summed E-state index contributed by atoms with van der Waals surface area (Å²) in [6, 6.07) is 7.59. The van der Waals surface area contributed by atoms with Crippen molar-refractivity contribution in [1.82, 2.24) is 4.98 Å². The summed E-state index contributed by atoms with van der Waals surface area (Å²) in [5, 5.41) is 4.99. The van der Waals surface area contributed by atoms with Gasteiger partial charge in [-0.05, 0) is 30.3 Å². The molecule has 106 valence electrons. The topological polar surface area (TPSA) is 54.8 Å². The van der Waals surface area contributed by atoms with Crippen molar-refractivity contribution in [2.45, 2.75) is 0 Å². The zero-order valence-corrected chi connectivity index (χ0v) is 12.4. The van der Waals surface area contributed by atoms with Crippen LogP contribution in [0.2, 0.25) is 0 Å². The number of pyridine rings is 1. The summed E-state index contributed by atoms with van der Waals surface area (Å²) in [4.78, 5) is 23.7. The van der Waals surface area contributed by atoms with E-state index in [2.05, 4.69) is 10.1 Å². The number of carbonyl (C=O) groups is 1. The quantitative estimate of drug-likeness (QED) is 0.645. The van der Waals surface area contributed by atoms with E-state index in [1.807, 2.05) is 37.2 Å². The van der Waals surface area contributed by atoms with Gasteiger partial charge in [-0.1, -0.05) is 5.16 Å². The first-order chi connectivity index (χ1) is 10.1. The number of aromatic nitrogens is 1. The molecule has 0 saturated carbocycles. The van der Waals surface area contributed by atoms with Crippen molar-refractivity contribution >= 4 is 34.1 Å². The first kappa shape index (κ1) is 13.5. The number of thiophene rings is 1. The van der Waals surface area contributed by atoms with Crippen molar-refractivity contribution in [2.24, 2.45) is 5.16 Å². The Morgan fingerprint density at radius 3 is 2.62 bits per heavy atom. The minimum atomic E-state index is -0.429. The minimum absolute atomic E-state index is 0.429. The molecule has 0 unspecified atom stereocenters. The Morgan fingerprint density at radius 2 is 1.95 bits per heavy atom. The zero-order valence-electron chi connectivity index (χ0n) is 11.6. The summed E-state index contributed by atoms with van der Waals surface area (Å²) in [5.41, 5.74) is 1.82. The normalized spacial score (nSPS) is 16.0. The van der Waals surface area contributed by atoms with Crippen LogP contribution in [-0.4, -0.2) is 30.8 Å². The molecule has 0 spiro atoms. The van der Waals surface area contributed by atoms with E-state index in [1.54, 1.807) is 35.9 Å². The van der Waals surface area contributed by atoms with Gasteiger partial charge in [-0.25, -0.2) is 4.79 Å². The molecule has 0 aliphatic carbocycles.